The highest BCUT2D eigenvalue weighted by Gasteiger charge is 2.30. The maximum absolute atomic E-state index is 6.25. The van der Waals surface area contributed by atoms with Crippen molar-refractivity contribution in [1.29, 1.82) is 0 Å². The lowest BCUT2D eigenvalue weighted by atomic mass is 9.72. The van der Waals surface area contributed by atoms with Crippen molar-refractivity contribution < 1.29 is 0 Å². The minimum absolute atomic E-state index is 0.427. The second-order valence-electron chi connectivity index (χ2n) is 5.56. The minimum Gasteiger partial charge on any atom is -0.313 e. The van der Waals surface area contributed by atoms with Crippen LogP contribution in [-0.4, -0.2) is 7.05 Å². The van der Waals surface area contributed by atoms with Crippen molar-refractivity contribution in [2.24, 2.45) is 11.8 Å². The van der Waals surface area contributed by atoms with E-state index in [0.717, 1.165) is 21.3 Å². The maximum atomic E-state index is 6.25. The first-order chi connectivity index (χ1) is 9.17. The van der Waals surface area contributed by atoms with Gasteiger partial charge in [-0.3, -0.25) is 0 Å². The van der Waals surface area contributed by atoms with E-state index in [2.05, 4.69) is 53.4 Å². The summed E-state index contributed by atoms with van der Waals surface area (Å²) in [5, 5.41) is 4.33. The predicted molar refractivity (Wildman–Crippen MR) is 86.7 cm³/mol. The first kappa shape index (κ1) is 15.3. The fourth-order valence-electron chi connectivity index (χ4n) is 3.52. The number of rotatable bonds is 4. The second kappa shape index (κ2) is 7.10. The highest BCUT2D eigenvalue weighted by Crippen LogP contribution is 2.41. The molecule has 3 atom stereocenters. The van der Waals surface area contributed by atoms with Gasteiger partial charge in [-0.1, -0.05) is 50.3 Å². The monoisotopic (exact) mass is 343 g/mol. The Hall–Kier alpha value is -0.0500. The highest BCUT2D eigenvalue weighted by atomic mass is 79.9. The van der Waals surface area contributed by atoms with E-state index in [1.807, 2.05) is 0 Å². The average Bonchev–Trinajstić information content (AvgIpc) is 2.44. The predicted octanol–water partition coefficient (Wildman–Crippen LogP) is 5.58. The summed E-state index contributed by atoms with van der Waals surface area (Å²) in [5.41, 5.74) is 1.32. The van der Waals surface area contributed by atoms with Gasteiger partial charge < -0.3 is 5.32 Å². The fourth-order valence-corrected chi connectivity index (χ4v) is 3.95. The van der Waals surface area contributed by atoms with Gasteiger partial charge in [0, 0.05) is 10.5 Å². The van der Waals surface area contributed by atoms with Gasteiger partial charge >= 0.3 is 0 Å². The van der Waals surface area contributed by atoms with Crippen LogP contribution >= 0.6 is 27.5 Å². The third-order valence-electron chi connectivity index (χ3n) is 4.53. The Bertz CT molecular complexity index is 421. The summed E-state index contributed by atoms with van der Waals surface area (Å²) < 4.78 is 0.975. The molecule has 0 amide bonds. The molecule has 3 unspecified atom stereocenters. The van der Waals surface area contributed by atoms with Crippen LogP contribution in [0.4, 0.5) is 0 Å². The third-order valence-corrected chi connectivity index (χ3v) is 5.77. The summed E-state index contributed by atoms with van der Waals surface area (Å²) in [4.78, 5) is 0. The first-order valence-corrected chi connectivity index (χ1v) is 8.46. The summed E-state index contributed by atoms with van der Waals surface area (Å²) in [6, 6.07) is 6.79. The molecule has 1 fully saturated rings. The van der Waals surface area contributed by atoms with E-state index < -0.39 is 0 Å². The summed E-state index contributed by atoms with van der Waals surface area (Å²) in [7, 11) is 2.07. The van der Waals surface area contributed by atoms with Crippen LogP contribution in [0.2, 0.25) is 5.02 Å². The molecule has 0 radical (unpaired) electrons. The van der Waals surface area contributed by atoms with E-state index in [0.29, 0.717) is 6.04 Å². The van der Waals surface area contributed by atoms with Crippen molar-refractivity contribution in [1.82, 2.24) is 5.32 Å². The van der Waals surface area contributed by atoms with Crippen LogP contribution in [0.5, 0.6) is 0 Å². The molecule has 0 saturated heterocycles. The van der Waals surface area contributed by atoms with Crippen LogP contribution in [0.3, 0.4) is 0 Å². The average molecular weight is 345 g/mol. The van der Waals surface area contributed by atoms with Crippen LogP contribution in [-0.2, 0) is 0 Å². The number of nitrogens with one attached hydrogen (secondary N) is 1. The van der Waals surface area contributed by atoms with Crippen LogP contribution in [0, 0.1) is 11.8 Å². The summed E-state index contributed by atoms with van der Waals surface area (Å²) in [6.07, 6.45) is 6.75. The molecule has 0 aliphatic heterocycles. The number of benzene rings is 1. The topological polar surface area (TPSA) is 12.0 Å². The van der Waals surface area contributed by atoms with Gasteiger partial charge in [0.05, 0.1) is 5.02 Å². The molecule has 1 nitrogen and oxygen atoms in total. The van der Waals surface area contributed by atoms with Crippen molar-refractivity contribution in [3.63, 3.8) is 0 Å². The smallest absolute Gasteiger partial charge is 0.0551 e. The molecule has 2 rings (SSSR count). The van der Waals surface area contributed by atoms with Crippen molar-refractivity contribution in [3.8, 4) is 0 Å². The minimum atomic E-state index is 0.427. The molecule has 0 heterocycles. The van der Waals surface area contributed by atoms with Crippen LogP contribution in [0.25, 0.3) is 0 Å². The molecule has 1 aliphatic rings. The van der Waals surface area contributed by atoms with Crippen molar-refractivity contribution in [3.05, 3.63) is 33.3 Å². The Morgan fingerprint density at radius 3 is 2.74 bits per heavy atom. The van der Waals surface area contributed by atoms with E-state index in [1.165, 1.54) is 37.7 Å². The van der Waals surface area contributed by atoms with Crippen molar-refractivity contribution >= 4 is 27.5 Å². The molecule has 1 aromatic rings. The van der Waals surface area contributed by atoms with Gasteiger partial charge in [0.1, 0.15) is 0 Å². The Morgan fingerprint density at radius 1 is 1.37 bits per heavy atom. The number of hydrogen-bond acceptors (Lipinski definition) is 1. The van der Waals surface area contributed by atoms with E-state index in [9.17, 15) is 0 Å². The largest absolute Gasteiger partial charge is 0.313 e. The number of hydrogen-bond donors (Lipinski definition) is 1. The zero-order chi connectivity index (χ0) is 13.8. The molecule has 1 aliphatic carbocycles. The zero-order valence-electron chi connectivity index (χ0n) is 11.8. The van der Waals surface area contributed by atoms with E-state index in [-0.39, 0.29) is 0 Å². The molecule has 1 N–H and O–H groups in total. The molecule has 1 aromatic carbocycles. The standard InChI is InChI=1S/C16H23BrClN/c1-3-11-6-4-5-7-13(11)16(19-2)12-8-9-14(17)15(18)10-12/h8-11,13,16,19H,3-7H2,1-2H3. The normalized spacial score (nSPS) is 25.3. The summed E-state index contributed by atoms with van der Waals surface area (Å²) >= 11 is 9.72. The number of halogens is 2. The first-order valence-electron chi connectivity index (χ1n) is 7.29. The maximum Gasteiger partial charge on any atom is 0.0551 e. The molecule has 19 heavy (non-hydrogen) atoms. The van der Waals surface area contributed by atoms with Gasteiger partial charge in [0.2, 0.25) is 0 Å². The Balaban J connectivity index is 2.24. The zero-order valence-corrected chi connectivity index (χ0v) is 14.1. The third kappa shape index (κ3) is 3.53. The lowest BCUT2D eigenvalue weighted by molar-refractivity contribution is 0.180. The quantitative estimate of drug-likeness (QED) is 0.752. The molecule has 0 aromatic heterocycles. The van der Waals surface area contributed by atoms with Crippen molar-refractivity contribution in [2.45, 2.75) is 45.1 Å². The fraction of sp³-hybridized carbons (Fsp3) is 0.625. The van der Waals surface area contributed by atoms with Gasteiger partial charge in [0.25, 0.3) is 0 Å². The van der Waals surface area contributed by atoms with Gasteiger partial charge in [-0.2, -0.15) is 0 Å². The van der Waals surface area contributed by atoms with Crippen LogP contribution in [0.1, 0.15) is 50.6 Å². The van der Waals surface area contributed by atoms with Gasteiger partial charge in [0.15, 0.2) is 0 Å². The van der Waals surface area contributed by atoms with E-state index >= 15 is 0 Å². The Morgan fingerprint density at radius 2 is 2.11 bits per heavy atom. The second-order valence-corrected chi connectivity index (χ2v) is 6.82. The van der Waals surface area contributed by atoms with Crippen LogP contribution < -0.4 is 5.32 Å². The molecule has 3 heteroatoms. The molecule has 106 valence electrons. The van der Waals surface area contributed by atoms with Gasteiger partial charge in [-0.25, -0.2) is 0 Å². The highest BCUT2D eigenvalue weighted by molar-refractivity contribution is 9.10. The SMILES string of the molecule is CCC1CCCCC1C(NC)c1ccc(Br)c(Cl)c1. The van der Waals surface area contributed by atoms with E-state index in [4.69, 9.17) is 11.6 Å². The van der Waals surface area contributed by atoms with Gasteiger partial charge in [-0.05, 0) is 58.9 Å². The van der Waals surface area contributed by atoms with Crippen molar-refractivity contribution in [2.75, 3.05) is 7.05 Å². The Kier molecular flexibility index (Phi) is 5.73. The van der Waals surface area contributed by atoms with Gasteiger partial charge in [-0.15, -0.1) is 0 Å². The molecular formula is C16H23BrClN. The summed E-state index contributed by atoms with van der Waals surface area (Å²) in [6.45, 7) is 2.32. The lowest BCUT2D eigenvalue weighted by Gasteiger charge is -2.37. The molecule has 0 bridgehead atoms. The van der Waals surface area contributed by atoms with E-state index in [1.54, 1.807) is 0 Å². The molecule has 0 spiro atoms. The Labute approximate surface area is 130 Å². The van der Waals surface area contributed by atoms with Crippen LogP contribution in [0.15, 0.2) is 22.7 Å². The molecule has 1 saturated carbocycles. The summed E-state index contributed by atoms with van der Waals surface area (Å²) in [5.74, 6) is 1.58. The lowest BCUT2D eigenvalue weighted by Crippen LogP contribution is -2.32. The molecular weight excluding hydrogens is 322 g/mol.